The monoisotopic (exact) mass is 245 g/mol. The molecule has 0 radical (unpaired) electrons. The lowest BCUT2D eigenvalue weighted by Gasteiger charge is -2.14. The fourth-order valence-corrected chi connectivity index (χ4v) is 2.02. The van der Waals surface area contributed by atoms with Crippen molar-refractivity contribution in [1.82, 2.24) is 0 Å². The molecule has 0 amide bonds. The van der Waals surface area contributed by atoms with E-state index in [1.807, 2.05) is 50.2 Å². The summed E-state index contributed by atoms with van der Waals surface area (Å²) in [5, 5.41) is 2.09. The molecule has 0 aliphatic rings. The molecule has 0 heterocycles. The maximum absolute atomic E-state index is 5.78. The quantitative estimate of drug-likeness (QED) is 0.843. The van der Waals surface area contributed by atoms with Gasteiger partial charge in [0.05, 0.1) is 6.10 Å². The number of thiocarbonyl (C=S) groups is 1. The fourth-order valence-electron chi connectivity index (χ4n) is 1.84. The summed E-state index contributed by atoms with van der Waals surface area (Å²) in [7, 11) is 0. The standard InChI is InChI=1S/C14H15NOS/c1-9(2)16-13-8-7-12(14(15)17)10-5-3-4-6-11(10)13/h3-9H,1-2H3,(H2,15,17). The van der Waals surface area contributed by atoms with Crippen LogP contribution in [0.15, 0.2) is 36.4 Å². The molecule has 0 saturated carbocycles. The van der Waals surface area contributed by atoms with Crippen LogP contribution in [0.4, 0.5) is 0 Å². The minimum absolute atomic E-state index is 0.147. The molecular formula is C14H15NOS. The molecule has 0 fully saturated rings. The molecule has 2 N–H and O–H groups in total. The second-order valence-corrected chi connectivity index (χ2v) is 4.63. The van der Waals surface area contributed by atoms with Gasteiger partial charge in [0.2, 0.25) is 0 Å². The highest BCUT2D eigenvalue weighted by molar-refractivity contribution is 7.80. The Morgan fingerprint density at radius 2 is 1.76 bits per heavy atom. The molecule has 0 atom stereocenters. The van der Waals surface area contributed by atoms with Crippen LogP contribution >= 0.6 is 12.2 Å². The maximum Gasteiger partial charge on any atom is 0.127 e. The Hall–Kier alpha value is -1.61. The Labute approximate surface area is 106 Å². The number of benzene rings is 2. The summed E-state index contributed by atoms with van der Waals surface area (Å²) in [6.45, 7) is 4.02. The van der Waals surface area contributed by atoms with E-state index >= 15 is 0 Å². The van der Waals surface area contributed by atoms with Gasteiger partial charge in [0.25, 0.3) is 0 Å². The summed E-state index contributed by atoms with van der Waals surface area (Å²) < 4.78 is 5.78. The van der Waals surface area contributed by atoms with E-state index in [2.05, 4.69) is 0 Å². The highest BCUT2D eigenvalue weighted by Crippen LogP contribution is 2.29. The number of fused-ring (bicyclic) bond motifs is 1. The van der Waals surface area contributed by atoms with Gasteiger partial charge < -0.3 is 10.5 Å². The van der Waals surface area contributed by atoms with Gasteiger partial charge in [0.1, 0.15) is 10.7 Å². The Bertz CT molecular complexity index is 563. The van der Waals surface area contributed by atoms with E-state index in [9.17, 15) is 0 Å². The van der Waals surface area contributed by atoms with E-state index in [0.717, 1.165) is 22.1 Å². The van der Waals surface area contributed by atoms with Crippen LogP contribution in [0.3, 0.4) is 0 Å². The van der Waals surface area contributed by atoms with Crippen molar-refractivity contribution in [2.45, 2.75) is 20.0 Å². The third-order valence-corrected chi connectivity index (χ3v) is 2.73. The largest absolute Gasteiger partial charge is 0.490 e. The molecular weight excluding hydrogens is 230 g/mol. The van der Waals surface area contributed by atoms with Crippen molar-refractivity contribution in [3.05, 3.63) is 42.0 Å². The second-order valence-electron chi connectivity index (χ2n) is 4.19. The number of hydrogen-bond donors (Lipinski definition) is 1. The molecule has 3 heteroatoms. The summed E-state index contributed by atoms with van der Waals surface area (Å²) in [5.74, 6) is 0.871. The van der Waals surface area contributed by atoms with Gasteiger partial charge in [-0.15, -0.1) is 0 Å². The topological polar surface area (TPSA) is 35.2 Å². The van der Waals surface area contributed by atoms with Crippen molar-refractivity contribution in [3.8, 4) is 5.75 Å². The zero-order valence-corrected chi connectivity index (χ0v) is 10.8. The van der Waals surface area contributed by atoms with Crippen LogP contribution in [0, 0.1) is 0 Å². The molecule has 17 heavy (non-hydrogen) atoms. The van der Waals surface area contributed by atoms with E-state index in [4.69, 9.17) is 22.7 Å². The third-order valence-electron chi connectivity index (χ3n) is 2.51. The smallest absolute Gasteiger partial charge is 0.127 e. The summed E-state index contributed by atoms with van der Waals surface area (Å²) in [6, 6.07) is 11.8. The van der Waals surface area contributed by atoms with Crippen LogP contribution in [0.1, 0.15) is 19.4 Å². The molecule has 2 aromatic rings. The van der Waals surface area contributed by atoms with Crippen LogP contribution in [0.2, 0.25) is 0 Å². The van der Waals surface area contributed by atoms with Crippen LogP contribution in [0.25, 0.3) is 10.8 Å². The van der Waals surface area contributed by atoms with Crippen molar-refractivity contribution in [1.29, 1.82) is 0 Å². The molecule has 0 bridgehead atoms. The van der Waals surface area contributed by atoms with Gasteiger partial charge >= 0.3 is 0 Å². The van der Waals surface area contributed by atoms with Crippen molar-refractivity contribution < 1.29 is 4.74 Å². The van der Waals surface area contributed by atoms with Crippen LogP contribution in [0.5, 0.6) is 5.75 Å². The van der Waals surface area contributed by atoms with Crippen molar-refractivity contribution in [2.24, 2.45) is 5.73 Å². The number of rotatable bonds is 3. The zero-order valence-electron chi connectivity index (χ0n) is 9.94. The average molecular weight is 245 g/mol. The molecule has 0 unspecified atom stereocenters. The molecule has 0 aliphatic carbocycles. The number of ether oxygens (including phenoxy) is 1. The van der Waals surface area contributed by atoms with E-state index < -0.39 is 0 Å². The molecule has 2 rings (SSSR count). The van der Waals surface area contributed by atoms with Gasteiger partial charge in [-0.25, -0.2) is 0 Å². The van der Waals surface area contributed by atoms with E-state index in [1.165, 1.54) is 0 Å². The van der Waals surface area contributed by atoms with Gasteiger partial charge in [-0.3, -0.25) is 0 Å². The SMILES string of the molecule is CC(C)Oc1ccc(C(N)=S)c2ccccc12. The lowest BCUT2D eigenvalue weighted by Crippen LogP contribution is -2.11. The molecule has 2 aromatic carbocycles. The molecule has 0 aliphatic heterocycles. The second kappa shape index (κ2) is 4.72. The Morgan fingerprint density at radius 1 is 1.12 bits per heavy atom. The molecule has 2 nitrogen and oxygen atoms in total. The minimum atomic E-state index is 0.147. The Kier molecular flexibility index (Phi) is 3.29. The summed E-state index contributed by atoms with van der Waals surface area (Å²) in [4.78, 5) is 0.414. The predicted octanol–water partition coefficient (Wildman–Crippen LogP) is 3.26. The first-order chi connectivity index (χ1) is 8.09. The van der Waals surface area contributed by atoms with Gasteiger partial charge in [-0.1, -0.05) is 36.5 Å². The first-order valence-electron chi connectivity index (χ1n) is 5.58. The number of nitrogens with two attached hydrogens (primary N) is 1. The van der Waals surface area contributed by atoms with Crippen LogP contribution in [-0.2, 0) is 0 Å². The van der Waals surface area contributed by atoms with Crippen LogP contribution in [-0.4, -0.2) is 11.1 Å². The van der Waals surface area contributed by atoms with Crippen molar-refractivity contribution in [2.75, 3.05) is 0 Å². The van der Waals surface area contributed by atoms with Gasteiger partial charge in [0.15, 0.2) is 0 Å². The highest BCUT2D eigenvalue weighted by atomic mass is 32.1. The lowest BCUT2D eigenvalue weighted by atomic mass is 10.0. The summed E-state index contributed by atoms with van der Waals surface area (Å²) in [6.07, 6.45) is 0.147. The minimum Gasteiger partial charge on any atom is -0.490 e. The van der Waals surface area contributed by atoms with Crippen molar-refractivity contribution in [3.63, 3.8) is 0 Å². The average Bonchev–Trinajstić information content (AvgIpc) is 2.28. The summed E-state index contributed by atoms with van der Waals surface area (Å²) in [5.41, 5.74) is 6.62. The van der Waals surface area contributed by atoms with E-state index in [1.54, 1.807) is 0 Å². The van der Waals surface area contributed by atoms with E-state index in [-0.39, 0.29) is 6.10 Å². The maximum atomic E-state index is 5.78. The normalized spacial score (nSPS) is 10.8. The molecule has 0 aromatic heterocycles. The van der Waals surface area contributed by atoms with Crippen LogP contribution < -0.4 is 10.5 Å². The highest BCUT2D eigenvalue weighted by Gasteiger charge is 2.09. The Balaban J connectivity index is 2.66. The zero-order chi connectivity index (χ0) is 12.4. The molecule has 0 saturated heterocycles. The molecule has 0 spiro atoms. The fraction of sp³-hybridized carbons (Fsp3) is 0.214. The van der Waals surface area contributed by atoms with Gasteiger partial charge in [-0.05, 0) is 31.4 Å². The summed E-state index contributed by atoms with van der Waals surface area (Å²) >= 11 is 5.06. The molecule has 88 valence electrons. The van der Waals surface area contributed by atoms with Gasteiger partial charge in [0, 0.05) is 10.9 Å². The van der Waals surface area contributed by atoms with Crippen molar-refractivity contribution >= 4 is 28.0 Å². The first kappa shape index (κ1) is 11.9. The predicted molar refractivity (Wildman–Crippen MR) is 75.6 cm³/mol. The van der Waals surface area contributed by atoms with Gasteiger partial charge in [-0.2, -0.15) is 0 Å². The number of hydrogen-bond acceptors (Lipinski definition) is 2. The Morgan fingerprint density at radius 3 is 2.35 bits per heavy atom. The van der Waals surface area contributed by atoms with E-state index in [0.29, 0.717) is 4.99 Å². The third kappa shape index (κ3) is 2.39. The lowest BCUT2D eigenvalue weighted by molar-refractivity contribution is 0.245. The first-order valence-corrected chi connectivity index (χ1v) is 5.98.